The Morgan fingerprint density at radius 1 is 1.25 bits per heavy atom. The van der Waals surface area contributed by atoms with Crippen LogP contribution in [0.3, 0.4) is 0 Å². The molecule has 0 atom stereocenters. The minimum absolute atomic E-state index is 0.709. The first-order valence-corrected chi connectivity index (χ1v) is 8.43. The van der Waals surface area contributed by atoms with Crippen LogP contribution < -0.4 is 9.47 Å². The highest BCUT2D eigenvalue weighted by molar-refractivity contribution is 5.40. The summed E-state index contributed by atoms with van der Waals surface area (Å²) >= 11 is 0. The third-order valence-electron chi connectivity index (χ3n) is 4.08. The molecule has 1 aliphatic heterocycles. The SMILES string of the molecule is COc1ccc2c(c1)CN(Cc1ncc[nH]1)CCOCCCCO2. The van der Waals surface area contributed by atoms with Crippen molar-refractivity contribution in [1.82, 2.24) is 14.9 Å². The summed E-state index contributed by atoms with van der Waals surface area (Å²) in [6, 6.07) is 6.00. The molecule has 130 valence electrons. The van der Waals surface area contributed by atoms with Gasteiger partial charge in [0.15, 0.2) is 0 Å². The van der Waals surface area contributed by atoms with E-state index in [1.165, 1.54) is 0 Å². The second kappa shape index (κ2) is 8.70. The number of nitrogens with zero attached hydrogens (tertiary/aromatic N) is 2. The maximum Gasteiger partial charge on any atom is 0.124 e. The Bertz CT molecular complexity index is 616. The van der Waals surface area contributed by atoms with Gasteiger partial charge in [0.25, 0.3) is 0 Å². The molecule has 1 N–H and O–H groups in total. The van der Waals surface area contributed by atoms with E-state index in [-0.39, 0.29) is 0 Å². The van der Waals surface area contributed by atoms with Gasteiger partial charge in [-0.25, -0.2) is 4.98 Å². The van der Waals surface area contributed by atoms with Crippen molar-refractivity contribution in [3.05, 3.63) is 42.0 Å². The van der Waals surface area contributed by atoms with E-state index in [1.807, 2.05) is 18.3 Å². The minimum Gasteiger partial charge on any atom is -0.497 e. The zero-order chi connectivity index (χ0) is 16.6. The van der Waals surface area contributed by atoms with E-state index >= 15 is 0 Å². The number of ether oxygens (including phenoxy) is 3. The molecule has 0 radical (unpaired) electrons. The fraction of sp³-hybridized carbons (Fsp3) is 0.500. The number of benzene rings is 1. The molecule has 1 aromatic carbocycles. The van der Waals surface area contributed by atoms with Crippen LogP contribution in [0.4, 0.5) is 0 Å². The van der Waals surface area contributed by atoms with Crippen LogP contribution >= 0.6 is 0 Å². The van der Waals surface area contributed by atoms with Crippen molar-refractivity contribution < 1.29 is 14.2 Å². The van der Waals surface area contributed by atoms with Gasteiger partial charge in [-0.05, 0) is 31.0 Å². The molecular weight excluding hydrogens is 306 g/mol. The fourth-order valence-electron chi connectivity index (χ4n) is 2.78. The Balaban J connectivity index is 1.80. The standard InChI is InChI=1S/C18H25N3O3/c1-22-16-4-5-17-15(12-16)13-21(14-18-19-6-7-20-18)8-11-23-9-2-3-10-24-17/h4-7,12H,2-3,8-11,13-14H2,1H3,(H,19,20). The summed E-state index contributed by atoms with van der Waals surface area (Å²) in [5.41, 5.74) is 1.13. The molecule has 1 aliphatic rings. The molecule has 0 amide bonds. The van der Waals surface area contributed by atoms with E-state index in [0.29, 0.717) is 6.61 Å². The van der Waals surface area contributed by atoms with Crippen molar-refractivity contribution in [3.63, 3.8) is 0 Å². The number of rotatable bonds is 3. The molecule has 2 heterocycles. The van der Waals surface area contributed by atoms with Crippen molar-refractivity contribution in [2.24, 2.45) is 0 Å². The molecule has 6 nitrogen and oxygen atoms in total. The van der Waals surface area contributed by atoms with E-state index in [1.54, 1.807) is 13.3 Å². The molecule has 0 fully saturated rings. The third-order valence-corrected chi connectivity index (χ3v) is 4.08. The Morgan fingerprint density at radius 3 is 3.00 bits per heavy atom. The summed E-state index contributed by atoms with van der Waals surface area (Å²) in [6.07, 6.45) is 5.65. The van der Waals surface area contributed by atoms with Crippen molar-refractivity contribution >= 4 is 0 Å². The molecular formula is C18H25N3O3. The lowest BCUT2D eigenvalue weighted by Gasteiger charge is -2.24. The Morgan fingerprint density at radius 2 is 2.17 bits per heavy atom. The van der Waals surface area contributed by atoms with Crippen molar-refractivity contribution in [3.8, 4) is 11.5 Å². The number of nitrogens with one attached hydrogen (secondary N) is 1. The maximum atomic E-state index is 5.98. The van der Waals surface area contributed by atoms with Gasteiger partial charge in [-0.2, -0.15) is 0 Å². The lowest BCUT2D eigenvalue weighted by Crippen LogP contribution is -2.28. The van der Waals surface area contributed by atoms with E-state index in [9.17, 15) is 0 Å². The Hall–Kier alpha value is -2.05. The van der Waals surface area contributed by atoms with Gasteiger partial charge in [0.05, 0.1) is 26.9 Å². The second-order valence-corrected chi connectivity index (χ2v) is 5.89. The first kappa shape index (κ1) is 16.8. The maximum absolute atomic E-state index is 5.98. The first-order chi connectivity index (χ1) is 11.8. The number of H-pyrrole nitrogens is 1. The van der Waals surface area contributed by atoms with E-state index in [4.69, 9.17) is 14.2 Å². The summed E-state index contributed by atoms with van der Waals surface area (Å²) in [4.78, 5) is 9.81. The Kier molecular flexibility index (Phi) is 6.09. The highest BCUT2D eigenvalue weighted by Crippen LogP contribution is 2.26. The largest absolute Gasteiger partial charge is 0.497 e. The topological polar surface area (TPSA) is 59.6 Å². The van der Waals surface area contributed by atoms with Crippen LogP contribution in [0.25, 0.3) is 0 Å². The summed E-state index contributed by atoms with van der Waals surface area (Å²) < 4.78 is 17.1. The zero-order valence-electron chi connectivity index (χ0n) is 14.2. The quantitative estimate of drug-likeness (QED) is 0.937. The van der Waals surface area contributed by atoms with Crippen LogP contribution in [-0.4, -0.2) is 48.3 Å². The fourth-order valence-corrected chi connectivity index (χ4v) is 2.78. The minimum atomic E-state index is 0.709. The molecule has 2 aromatic rings. The van der Waals surface area contributed by atoms with Crippen molar-refractivity contribution in [2.75, 3.05) is 33.5 Å². The van der Waals surface area contributed by atoms with Gasteiger partial charge < -0.3 is 19.2 Å². The molecule has 0 saturated heterocycles. The van der Waals surface area contributed by atoms with Crippen molar-refractivity contribution in [1.29, 1.82) is 0 Å². The first-order valence-electron chi connectivity index (χ1n) is 8.43. The summed E-state index contributed by atoms with van der Waals surface area (Å²) in [5, 5.41) is 0. The normalized spacial score (nSPS) is 17.2. The summed E-state index contributed by atoms with van der Waals surface area (Å²) in [7, 11) is 1.69. The molecule has 0 aliphatic carbocycles. The van der Waals surface area contributed by atoms with Crippen LogP contribution in [0.5, 0.6) is 11.5 Å². The predicted octanol–water partition coefficient (Wildman–Crippen LogP) is 2.61. The molecule has 0 saturated carbocycles. The zero-order valence-corrected chi connectivity index (χ0v) is 14.2. The lowest BCUT2D eigenvalue weighted by molar-refractivity contribution is 0.0901. The van der Waals surface area contributed by atoms with Crippen LogP contribution in [0.2, 0.25) is 0 Å². The summed E-state index contributed by atoms with van der Waals surface area (Å²) in [5.74, 6) is 2.73. The smallest absolute Gasteiger partial charge is 0.124 e. The number of aromatic amines is 1. The monoisotopic (exact) mass is 331 g/mol. The van der Waals surface area contributed by atoms with Crippen LogP contribution in [0.1, 0.15) is 24.2 Å². The van der Waals surface area contributed by atoms with E-state index in [0.717, 1.165) is 68.6 Å². The average Bonchev–Trinajstić information content (AvgIpc) is 3.09. The average molecular weight is 331 g/mol. The third kappa shape index (κ3) is 4.72. The molecule has 0 unspecified atom stereocenters. The molecule has 1 aromatic heterocycles. The molecule has 24 heavy (non-hydrogen) atoms. The summed E-state index contributed by atoms with van der Waals surface area (Å²) in [6.45, 7) is 4.57. The van der Waals surface area contributed by atoms with Gasteiger partial charge >= 0.3 is 0 Å². The molecule has 6 heteroatoms. The number of aromatic nitrogens is 2. The second-order valence-electron chi connectivity index (χ2n) is 5.89. The number of methoxy groups -OCH3 is 1. The Labute approximate surface area is 142 Å². The molecule has 0 spiro atoms. The van der Waals surface area contributed by atoms with Crippen LogP contribution in [-0.2, 0) is 17.8 Å². The highest BCUT2D eigenvalue weighted by atomic mass is 16.5. The number of hydrogen-bond acceptors (Lipinski definition) is 5. The number of imidazole rings is 1. The molecule has 3 rings (SSSR count). The van der Waals surface area contributed by atoms with E-state index in [2.05, 4.69) is 20.9 Å². The number of hydrogen-bond donors (Lipinski definition) is 1. The van der Waals surface area contributed by atoms with E-state index < -0.39 is 0 Å². The highest BCUT2D eigenvalue weighted by Gasteiger charge is 2.14. The van der Waals surface area contributed by atoms with Gasteiger partial charge in [0.1, 0.15) is 17.3 Å². The van der Waals surface area contributed by atoms with Gasteiger partial charge in [-0.3, -0.25) is 4.90 Å². The van der Waals surface area contributed by atoms with Crippen molar-refractivity contribution in [2.45, 2.75) is 25.9 Å². The van der Waals surface area contributed by atoms with Crippen LogP contribution in [0, 0.1) is 0 Å². The van der Waals surface area contributed by atoms with Gasteiger partial charge in [-0.1, -0.05) is 0 Å². The van der Waals surface area contributed by atoms with Gasteiger partial charge in [0, 0.05) is 37.7 Å². The number of fused-ring (bicyclic) bond motifs is 1. The predicted molar refractivity (Wildman–Crippen MR) is 91.2 cm³/mol. The van der Waals surface area contributed by atoms with Gasteiger partial charge in [0.2, 0.25) is 0 Å². The van der Waals surface area contributed by atoms with Gasteiger partial charge in [-0.15, -0.1) is 0 Å². The van der Waals surface area contributed by atoms with Crippen LogP contribution in [0.15, 0.2) is 30.6 Å². The molecule has 0 bridgehead atoms. The lowest BCUT2D eigenvalue weighted by atomic mass is 10.1.